The summed E-state index contributed by atoms with van der Waals surface area (Å²) in [6, 6.07) is 21.1. The lowest BCUT2D eigenvalue weighted by Crippen LogP contribution is -2.20. The van der Waals surface area contributed by atoms with E-state index in [1.165, 1.54) is 0 Å². The minimum absolute atomic E-state index is 0.0265. The van der Waals surface area contributed by atoms with Crippen LogP contribution in [-0.2, 0) is 0 Å². The molecular weight excluding hydrogens is 408 g/mol. The van der Waals surface area contributed by atoms with Gasteiger partial charge in [-0.25, -0.2) is 4.98 Å². The molecule has 0 fully saturated rings. The lowest BCUT2D eigenvalue weighted by molar-refractivity contribution is 0.103. The van der Waals surface area contributed by atoms with E-state index in [1.54, 1.807) is 6.20 Å². The minimum atomic E-state index is -0.322. The SMILES string of the molecule is Cc1nn(-c2ccccn2)c2c1[C@@H](c1ccccc1Cl)C1=C(N2)c2ccccc2C1=O. The van der Waals surface area contributed by atoms with Gasteiger partial charge in [-0.15, -0.1) is 0 Å². The monoisotopic (exact) mass is 424 g/mol. The van der Waals surface area contributed by atoms with E-state index in [4.69, 9.17) is 16.7 Å². The molecule has 0 radical (unpaired) electrons. The van der Waals surface area contributed by atoms with Gasteiger partial charge >= 0.3 is 0 Å². The third-order valence-electron chi connectivity index (χ3n) is 5.96. The molecule has 2 aliphatic rings. The highest BCUT2D eigenvalue weighted by atomic mass is 35.5. The quantitative estimate of drug-likeness (QED) is 0.468. The van der Waals surface area contributed by atoms with Crippen molar-refractivity contribution in [3.8, 4) is 5.82 Å². The number of rotatable bonds is 2. The molecule has 2 aromatic heterocycles. The first-order valence-electron chi connectivity index (χ1n) is 10.1. The molecule has 0 saturated heterocycles. The van der Waals surface area contributed by atoms with Gasteiger partial charge in [0, 0.05) is 39.4 Å². The number of halogens is 1. The molecule has 1 N–H and O–H groups in total. The largest absolute Gasteiger partial charge is 0.339 e. The van der Waals surface area contributed by atoms with Gasteiger partial charge in [-0.2, -0.15) is 9.78 Å². The van der Waals surface area contributed by atoms with Gasteiger partial charge in [0.05, 0.1) is 11.4 Å². The van der Waals surface area contributed by atoms with E-state index >= 15 is 0 Å². The summed E-state index contributed by atoms with van der Waals surface area (Å²) < 4.78 is 1.81. The maximum atomic E-state index is 13.5. The van der Waals surface area contributed by atoms with E-state index in [9.17, 15) is 4.79 Å². The predicted octanol–water partition coefficient (Wildman–Crippen LogP) is 5.39. The van der Waals surface area contributed by atoms with Gasteiger partial charge in [0.15, 0.2) is 11.6 Å². The topological polar surface area (TPSA) is 59.8 Å². The van der Waals surface area contributed by atoms with Crippen LogP contribution < -0.4 is 5.32 Å². The lowest BCUT2D eigenvalue weighted by Gasteiger charge is -2.28. The summed E-state index contributed by atoms with van der Waals surface area (Å²) in [7, 11) is 0. The maximum absolute atomic E-state index is 13.5. The van der Waals surface area contributed by atoms with E-state index in [0.29, 0.717) is 22.0 Å². The van der Waals surface area contributed by atoms with Gasteiger partial charge < -0.3 is 5.32 Å². The zero-order valence-electron chi connectivity index (χ0n) is 16.6. The van der Waals surface area contributed by atoms with E-state index in [2.05, 4.69) is 10.3 Å². The number of carbonyl (C=O) groups excluding carboxylic acids is 1. The summed E-state index contributed by atoms with van der Waals surface area (Å²) >= 11 is 6.66. The van der Waals surface area contributed by atoms with Gasteiger partial charge in [-0.05, 0) is 30.7 Å². The van der Waals surface area contributed by atoms with Crippen molar-refractivity contribution in [2.45, 2.75) is 12.8 Å². The third kappa shape index (κ3) is 2.53. The van der Waals surface area contributed by atoms with Crippen molar-refractivity contribution >= 4 is 28.9 Å². The molecule has 3 heterocycles. The van der Waals surface area contributed by atoms with Gasteiger partial charge in [-0.3, -0.25) is 4.79 Å². The Morgan fingerprint density at radius 1 is 0.968 bits per heavy atom. The van der Waals surface area contributed by atoms with Crippen LogP contribution in [0.1, 0.15) is 38.7 Å². The number of benzene rings is 2. The van der Waals surface area contributed by atoms with E-state index in [1.807, 2.05) is 78.3 Å². The highest BCUT2D eigenvalue weighted by Gasteiger charge is 2.43. The van der Waals surface area contributed by atoms with Gasteiger partial charge in [0.2, 0.25) is 0 Å². The Bertz CT molecular complexity index is 1400. The van der Waals surface area contributed by atoms with Crippen molar-refractivity contribution in [1.29, 1.82) is 0 Å². The molecule has 0 unspecified atom stereocenters. The molecule has 6 heteroatoms. The average Bonchev–Trinajstić information content (AvgIpc) is 3.29. The number of aromatic nitrogens is 3. The van der Waals surface area contributed by atoms with Crippen LogP contribution in [0.3, 0.4) is 0 Å². The highest BCUT2D eigenvalue weighted by molar-refractivity contribution is 6.32. The highest BCUT2D eigenvalue weighted by Crippen LogP contribution is 2.51. The standard InChI is InChI=1S/C25H17ClN4O/c1-14-20-21(17-10-4-5-11-18(17)26)22-23(15-8-2-3-9-16(15)24(22)31)28-25(20)30(29-14)19-12-6-7-13-27-19/h2-13,21,28H,1H3/t21-/m1/s1. The molecule has 0 spiro atoms. The fourth-order valence-corrected chi connectivity index (χ4v) is 4.89. The molecule has 1 atom stereocenters. The molecule has 2 aromatic carbocycles. The molecule has 0 bridgehead atoms. The Hall–Kier alpha value is -3.70. The number of anilines is 1. The molecule has 31 heavy (non-hydrogen) atoms. The Morgan fingerprint density at radius 2 is 1.71 bits per heavy atom. The number of pyridine rings is 1. The Labute approximate surface area is 184 Å². The maximum Gasteiger partial charge on any atom is 0.192 e. The van der Waals surface area contributed by atoms with Crippen molar-refractivity contribution in [3.05, 3.63) is 111 Å². The van der Waals surface area contributed by atoms with Crippen LogP contribution in [0.2, 0.25) is 5.02 Å². The minimum Gasteiger partial charge on any atom is -0.339 e. The van der Waals surface area contributed by atoms with Crippen molar-refractivity contribution in [2.24, 2.45) is 0 Å². The number of hydrogen-bond donors (Lipinski definition) is 1. The number of nitrogens with zero attached hydrogens (tertiary/aromatic N) is 3. The second-order valence-corrected chi connectivity index (χ2v) is 8.10. The molecule has 1 aliphatic carbocycles. The van der Waals surface area contributed by atoms with Crippen molar-refractivity contribution in [1.82, 2.24) is 14.8 Å². The summed E-state index contributed by atoms with van der Waals surface area (Å²) in [4.78, 5) is 18.0. The van der Waals surface area contributed by atoms with Crippen LogP contribution in [0.25, 0.3) is 11.5 Å². The summed E-state index contributed by atoms with van der Waals surface area (Å²) in [6.07, 6.45) is 1.74. The number of allylic oxidation sites excluding steroid dienone is 1. The Balaban J connectivity index is 1.66. The summed E-state index contributed by atoms with van der Waals surface area (Å²) in [5, 5.41) is 8.94. The van der Waals surface area contributed by atoms with E-state index < -0.39 is 0 Å². The second kappa shape index (κ2) is 6.65. The smallest absolute Gasteiger partial charge is 0.192 e. The number of nitrogens with one attached hydrogen (secondary N) is 1. The average molecular weight is 425 g/mol. The molecule has 150 valence electrons. The summed E-state index contributed by atoms with van der Waals surface area (Å²) in [6.45, 7) is 1.96. The normalized spacial score (nSPS) is 16.6. The molecule has 6 rings (SSSR count). The number of fused-ring (bicyclic) bond motifs is 3. The predicted molar refractivity (Wildman–Crippen MR) is 121 cm³/mol. The first-order chi connectivity index (χ1) is 15.1. The van der Waals surface area contributed by atoms with Crippen molar-refractivity contribution in [2.75, 3.05) is 5.32 Å². The van der Waals surface area contributed by atoms with Crippen LogP contribution in [0.5, 0.6) is 0 Å². The molecule has 0 saturated carbocycles. The van der Waals surface area contributed by atoms with Gasteiger partial charge in [0.25, 0.3) is 0 Å². The summed E-state index contributed by atoms with van der Waals surface area (Å²) in [5.74, 6) is 1.22. The fourth-order valence-electron chi connectivity index (χ4n) is 4.65. The number of aryl methyl sites for hydroxylation is 1. The molecule has 5 nitrogen and oxygen atoms in total. The van der Waals surface area contributed by atoms with Gasteiger partial charge in [-0.1, -0.05) is 60.1 Å². The van der Waals surface area contributed by atoms with Crippen LogP contribution in [0.15, 0.2) is 78.5 Å². The molecule has 1 aliphatic heterocycles. The van der Waals surface area contributed by atoms with Crippen LogP contribution in [0, 0.1) is 6.92 Å². The van der Waals surface area contributed by atoms with Gasteiger partial charge in [0.1, 0.15) is 5.82 Å². The zero-order chi connectivity index (χ0) is 21.1. The first-order valence-corrected chi connectivity index (χ1v) is 10.4. The van der Waals surface area contributed by atoms with Crippen molar-refractivity contribution in [3.63, 3.8) is 0 Å². The van der Waals surface area contributed by atoms with E-state index in [0.717, 1.165) is 33.9 Å². The first kappa shape index (κ1) is 18.1. The molecule has 0 amide bonds. The van der Waals surface area contributed by atoms with Crippen LogP contribution in [0.4, 0.5) is 5.82 Å². The fraction of sp³-hybridized carbons (Fsp3) is 0.0800. The van der Waals surface area contributed by atoms with Crippen molar-refractivity contribution < 1.29 is 4.79 Å². The third-order valence-corrected chi connectivity index (χ3v) is 6.31. The summed E-state index contributed by atoms with van der Waals surface area (Å²) in [5.41, 5.74) is 5.80. The van der Waals surface area contributed by atoms with Crippen LogP contribution in [-0.4, -0.2) is 20.5 Å². The Kier molecular flexibility index (Phi) is 3.88. The Morgan fingerprint density at radius 3 is 2.48 bits per heavy atom. The zero-order valence-corrected chi connectivity index (χ0v) is 17.4. The number of Topliss-reactive ketones (excluding diaryl/α,β-unsaturated/α-hetero) is 1. The second-order valence-electron chi connectivity index (χ2n) is 7.69. The molecule has 4 aromatic rings. The number of hydrogen-bond acceptors (Lipinski definition) is 4. The van der Waals surface area contributed by atoms with Crippen LogP contribution >= 0.6 is 11.6 Å². The number of carbonyl (C=O) groups is 1. The van der Waals surface area contributed by atoms with E-state index in [-0.39, 0.29) is 11.7 Å². The molecular formula is C25H17ClN4O. The lowest BCUT2D eigenvalue weighted by atomic mass is 9.81. The number of ketones is 1.